The Labute approximate surface area is 130 Å². The highest BCUT2D eigenvalue weighted by atomic mass is 19.1. The smallest absolute Gasteiger partial charge is 0.260 e. The Morgan fingerprint density at radius 2 is 2.09 bits per heavy atom. The van der Waals surface area contributed by atoms with E-state index in [1.54, 1.807) is 18.2 Å². The van der Waals surface area contributed by atoms with Crippen molar-refractivity contribution in [3.05, 3.63) is 59.1 Å². The molecule has 1 unspecified atom stereocenters. The first-order chi connectivity index (χ1) is 11.1. The van der Waals surface area contributed by atoms with E-state index in [0.717, 1.165) is 12.1 Å². The standard InChI is InChI=1S/C16H12F2N2O3/c17-11-6-10(8-19)7-12(18)15(11)16(21)20-3-5-22-9-13(20)14-2-1-4-23-14/h1-2,4,6-7,13H,3,5,9H2. The van der Waals surface area contributed by atoms with Crippen LogP contribution < -0.4 is 0 Å². The number of hydrogen-bond acceptors (Lipinski definition) is 4. The average molecular weight is 318 g/mol. The molecule has 2 heterocycles. The molecule has 0 radical (unpaired) electrons. The second-order valence-corrected chi connectivity index (χ2v) is 5.03. The van der Waals surface area contributed by atoms with Crippen LogP contribution >= 0.6 is 0 Å². The van der Waals surface area contributed by atoms with Crippen molar-refractivity contribution in [2.45, 2.75) is 6.04 Å². The number of benzene rings is 1. The van der Waals surface area contributed by atoms with Gasteiger partial charge in [-0.2, -0.15) is 5.26 Å². The van der Waals surface area contributed by atoms with Gasteiger partial charge in [0.05, 0.1) is 31.1 Å². The lowest BCUT2D eigenvalue weighted by Gasteiger charge is -2.34. The lowest BCUT2D eigenvalue weighted by atomic mass is 10.1. The van der Waals surface area contributed by atoms with Gasteiger partial charge in [-0.15, -0.1) is 0 Å². The summed E-state index contributed by atoms with van der Waals surface area (Å²) in [5, 5.41) is 8.72. The molecular formula is C16H12F2N2O3. The number of carbonyl (C=O) groups is 1. The van der Waals surface area contributed by atoms with Gasteiger partial charge in [-0.1, -0.05) is 0 Å². The van der Waals surface area contributed by atoms with E-state index in [-0.39, 0.29) is 25.3 Å². The number of carbonyl (C=O) groups excluding carboxylic acids is 1. The summed E-state index contributed by atoms with van der Waals surface area (Å²) in [6.07, 6.45) is 1.45. The first-order valence-electron chi connectivity index (χ1n) is 6.93. The average Bonchev–Trinajstić information content (AvgIpc) is 3.08. The third-order valence-corrected chi connectivity index (χ3v) is 3.65. The molecule has 0 spiro atoms. The minimum atomic E-state index is -1.06. The Bertz CT molecular complexity index is 745. The Hall–Kier alpha value is -2.72. The highest BCUT2D eigenvalue weighted by Gasteiger charge is 2.33. The van der Waals surface area contributed by atoms with Crippen molar-refractivity contribution >= 4 is 5.91 Å². The number of nitriles is 1. The van der Waals surface area contributed by atoms with Gasteiger partial charge in [-0.25, -0.2) is 8.78 Å². The van der Waals surface area contributed by atoms with Gasteiger partial charge in [0, 0.05) is 6.54 Å². The molecule has 1 saturated heterocycles. The van der Waals surface area contributed by atoms with Gasteiger partial charge in [-0.3, -0.25) is 4.79 Å². The normalized spacial score (nSPS) is 17.8. The summed E-state index contributed by atoms with van der Waals surface area (Å²) < 4.78 is 38.8. The molecule has 1 fully saturated rings. The third-order valence-electron chi connectivity index (χ3n) is 3.65. The maximum atomic E-state index is 14.1. The summed E-state index contributed by atoms with van der Waals surface area (Å²) in [6.45, 7) is 0.629. The van der Waals surface area contributed by atoms with Crippen LogP contribution in [0.4, 0.5) is 8.78 Å². The molecule has 7 heteroatoms. The van der Waals surface area contributed by atoms with Crippen molar-refractivity contribution in [2.75, 3.05) is 19.8 Å². The lowest BCUT2D eigenvalue weighted by molar-refractivity contribution is -0.00922. The summed E-state index contributed by atoms with van der Waals surface area (Å²) in [7, 11) is 0. The zero-order valence-corrected chi connectivity index (χ0v) is 12.0. The van der Waals surface area contributed by atoms with Gasteiger partial charge in [0.15, 0.2) is 0 Å². The maximum Gasteiger partial charge on any atom is 0.260 e. The number of ether oxygens (including phenoxy) is 1. The Morgan fingerprint density at radius 1 is 1.35 bits per heavy atom. The highest BCUT2D eigenvalue weighted by Crippen LogP contribution is 2.28. The summed E-state index contributed by atoms with van der Waals surface area (Å²) in [4.78, 5) is 13.9. The molecule has 0 aliphatic carbocycles. The largest absolute Gasteiger partial charge is 0.467 e. The van der Waals surface area contributed by atoms with E-state index < -0.39 is 29.1 Å². The molecule has 0 bridgehead atoms. The molecule has 1 aliphatic heterocycles. The lowest BCUT2D eigenvalue weighted by Crippen LogP contribution is -2.43. The van der Waals surface area contributed by atoms with Gasteiger partial charge >= 0.3 is 0 Å². The van der Waals surface area contributed by atoms with E-state index in [2.05, 4.69) is 0 Å². The summed E-state index contributed by atoms with van der Waals surface area (Å²) in [5.41, 5.74) is -0.858. The molecule has 1 amide bonds. The van der Waals surface area contributed by atoms with Gasteiger partial charge in [0.1, 0.15) is 29.0 Å². The van der Waals surface area contributed by atoms with Crippen molar-refractivity contribution in [1.82, 2.24) is 4.90 Å². The number of nitrogens with zero attached hydrogens (tertiary/aromatic N) is 2. The van der Waals surface area contributed by atoms with Gasteiger partial charge in [0.2, 0.25) is 0 Å². The van der Waals surface area contributed by atoms with Crippen molar-refractivity contribution in [1.29, 1.82) is 5.26 Å². The molecule has 1 aliphatic rings. The fourth-order valence-corrected chi connectivity index (χ4v) is 2.55. The molecule has 118 valence electrons. The van der Waals surface area contributed by atoms with Crippen molar-refractivity contribution in [3.63, 3.8) is 0 Å². The van der Waals surface area contributed by atoms with Crippen LogP contribution in [0.3, 0.4) is 0 Å². The SMILES string of the molecule is N#Cc1cc(F)c(C(=O)N2CCOCC2c2ccco2)c(F)c1. The highest BCUT2D eigenvalue weighted by molar-refractivity contribution is 5.95. The summed E-state index contributed by atoms with van der Waals surface area (Å²) in [6, 6.07) is 6.12. The Balaban J connectivity index is 1.97. The fraction of sp³-hybridized carbons (Fsp3) is 0.250. The zero-order valence-electron chi connectivity index (χ0n) is 12.0. The predicted octanol–water partition coefficient (Wildman–Crippen LogP) is 2.64. The predicted molar refractivity (Wildman–Crippen MR) is 74.4 cm³/mol. The van der Waals surface area contributed by atoms with Gasteiger partial charge < -0.3 is 14.1 Å². The topological polar surface area (TPSA) is 66.5 Å². The third kappa shape index (κ3) is 2.81. The van der Waals surface area contributed by atoms with E-state index >= 15 is 0 Å². The summed E-state index contributed by atoms with van der Waals surface area (Å²) >= 11 is 0. The Morgan fingerprint density at radius 3 is 2.70 bits per heavy atom. The van der Waals surface area contributed by atoms with E-state index in [9.17, 15) is 13.6 Å². The number of morpholine rings is 1. The van der Waals surface area contributed by atoms with Crippen molar-refractivity contribution in [3.8, 4) is 6.07 Å². The van der Waals surface area contributed by atoms with Gasteiger partial charge in [0.25, 0.3) is 5.91 Å². The monoisotopic (exact) mass is 318 g/mol. The van der Waals surface area contributed by atoms with E-state index in [1.165, 1.54) is 11.2 Å². The first kappa shape index (κ1) is 15.2. The van der Waals surface area contributed by atoms with Crippen LogP contribution in [0.2, 0.25) is 0 Å². The van der Waals surface area contributed by atoms with Crippen molar-refractivity contribution in [2.24, 2.45) is 0 Å². The van der Waals surface area contributed by atoms with E-state index in [0.29, 0.717) is 5.76 Å². The number of rotatable bonds is 2. The molecule has 0 N–H and O–H groups in total. The van der Waals surface area contributed by atoms with Crippen LogP contribution in [0, 0.1) is 23.0 Å². The molecular weight excluding hydrogens is 306 g/mol. The van der Waals surface area contributed by atoms with Crippen LogP contribution in [0.5, 0.6) is 0 Å². The minimum absolute atomic E-state index is 0.179. The van der Waals surface area contributed by atoms with E-state index in [4.69, 9.17) is 14.4 Å². The maximum absolute atomic E-state index is 14.1. The molecule has 1 aromatic carbocycles. The molecule has 1 atom stereocenters. The number of amides is 1. The van der Waals surface area contributed by atoms with Crippen LogP contribution in [0.1, 0.15) is 27.7 Å². The van der Waals surface area contributed by atoms with Crippen LogP contribution in [0.15, 0.2) is 34.9 Å². The van der Waals surface area contributed by atoms with Crippen LogP contribution in [-0.2, 0) is 4.74 Å². The second kappa shape index (κ2) is 6.18. The van der Waals surface area contributed by atoms with Crippen LogP contribution in [0.25, 0.3) is 0 Å². The number of furan rings is 1. The number of halogens is 2. The molecule has 1 aromatic heterocycles. The molecule has 2 aromatic rings. The molecule has 3 rings (SSSR count). The Kier molecular flexibility index (Phi) is 4.08. The molecule has 23 heavy (non-hydrogen) atoms. The van der Waals surface area contributed by atoms with Gasteiger partial charge in [-0.05, 0) is 24.3 Å². The second-order valence-electron chi connectivity index (χ2n) is 5.03. The van der Waals surface area contributed by atoms with Crippen LogP contribution in [-0.4, -0.2) is 30.6 Å². The van der Waals surface area contributed by atoms with E-state index in [1.807, 2.05) is 0 Å². The first-order valence-corrected chi connectivity index (χ1v) is 6.93. The number of hydrogen-bond donors (Lipinski definition) is 0. The molecule has 5 nitrogen and oxygen atoms in total. The quantitative estimate of drug-likeness (QED) is 0.854. The van der Waals surface area contributed by atoms with Crippen molar-refractivity contribution < 1.29 is 22.7 Å². The zero-order chi connectivity index (χ0) is 16.4. The minimum Gasteiger partial charge on any atom is -0.467 e. The summed E-state index contributed by atoms with van der Waals surface area (Å²) in [5.74, 6) is -2.44. The molecule has 0 saturated carbocycles. The fourth-order valence-electron chi connectivity index (χ4n) is 2.55.